The van der Waals surface area contributed by atoms with Gasteiger partial charge in [-0.05, 0) is 48.6 Å². The Hall–Kier alpha value is -3.69. The third-order valence-electron chi connectivity index (χ3n) is 5.91. The average Bonchev–Trinajstić information content (AvgIpc) is 3.52. The van der Waals surface area contributed by atoms with Crippen LogP contribution in [-0.4, -0.2) is 44.6 Å². The summed E-state index contributed by atoms with van der Waals surface area (Å²) in [6.45, 7) is 5.45. The van der Waals surface area contributed by atoms with Crippen LogP contribution in [0.3, 0.4) is 0 Å². The van der Waals surface area contributed by atoms with Crippen molar-refractivity contribution in [3.63, 3.8) is 0 Å². The Morgan fingerprint density at radius 2 is 1.83 bits per heavy atom. The number of rotatable bonds is 6. The van der Waals surface area contributed by atoms with E-state index in [4.69, 9.17) is 0 Å². The lowest BCUT2D eigenvalue weighted by Gasteiger charge is -2.16. The van der Waals surface area contributed by atoms with E-state index in [2.05, 4.69) is 15.4 Å². The van der Waals surface area contributed by atoms with Gasteiger partial charge in [-0.3, -0.25) is 9.59 Å². The third-order valence-corrected chi connectivity index (χ3v) is 5.91. The third kappa shape index (κ3) is 5.36. The quantitative estimate of drug-likeness (QED) is 0.555. The summed E-state index contributed by atoms with van der Waals surface area (Å²) in [5.41, 5.74) is 1.36. The Morgan fingerprint density at radius 3 is 2.46 bits per heavy atom. The molecule has 10 heteroatoms. The Kier molecular flexibility index (Phi) is 6.90. The number of likely N-dealkylation sites (tertiary alicyclic amines) is 1. The van der Waals surface area contributed by atoms with Gasteiger partial charge in [0.25, 0.3) is 11.8 Å². The first-order chi connectivity index (χ1) is 16.6. The molecule has 1 fully saturated rings. The van der Waals surface area contributed by atoms with E-state index in [1.54, 1.807) is 18.2 Å². The zero-order valence-corrected chi connectivity index (χ0v) is 19.5. The van der Waals surface area contributed by atoms with Crippen molar-refractivity contribution >= 4 is 11.8 Å². The fourth-order valence-corrected chi connectivity index (χ4v) is 4.14. The van der Waals surface area contributed by atoms with Crippen molar-refractivity contribution in [2.24, 2.45) is 0 Å². The molecule has 4 rings (SSSR count). The van der Waals surface area contributed by atoms with Crippen LogP contribution in [0.2, 0.25) is 0 Å². The van der Waals surface area contributed by atoms with E-state index in [-0.39, 0.29) is 30.1 Å². The average molecular weight is 486 g/mol. The molecule has 2 amide bonds. The maximum Gasteiger partial charge on any atom is 0.417 e. The van der Waals surface area contributed by atoms with Crippen LogP contribution in [0, 0.1) is 0 Å². The number of pyridine rings is 1. The molecule has 2 aromatic heterocycles. The topological polar surface area (TPSA) is 80.1 Å². The Labute approximate surface area is 201 Å². The van der Waals surface area contributed by atoms with Crippen LogP contribution in [0.15, 0.2) is 48.8 Å². The second kappa shape index (κ2) is 9.89. The molecule has 0 radical (unpaired) electrons. The van der Waals surface area contributed by atoms with Crippen LogP contribution in [-0.2, 0) is 12.7 Å². The number of alkyl halides is 3. The molecule has 1 aliphatic rings. The van der Waals surface area contributed by atoms with E-state index in [1.165, 1.54) is 16.9 Å². The lowest BCUT2D eigenvalue weighted by atomic mass is 10.0. The van der Waals surface area contributed by atoms with Crippen LogP contribution in [0.25, 0.3) is 5.82 Å². The molecule has 0 spiro atoms. The zero-order valence-electron chi connectivity index (χ0n) is 19.5. The molecular formula is C25H26F3N5O2. The molecule has 0 saturated carbocycles. The number of carbonyl (C=O) groups is 2. The van der Waals surface area contributed by atoms with Gasteiger partial charge in [-0.25, -0.2) is 9.67 Å². The SMILES string of the molecule is CC(C)c1c(C(=O)NCc2cccc(C(=O)N3CCCC3)c2)cnn1-c1ccc(C(F)(F)F)cn1. The number of benzene rings is 1. The van der Waals surface area contributed by atoms with E-state index in [0.29, 0.717) is 16.8 Å². The molecule has 0 atom stereocenters. The van der Waals surface area contributed by atoms with Gasteiger partial charge >= 0.3 is 6.18 Å². The van der Waals surface area contributed by atoms with E-state index >= 15 is 0 Å². The van der Waals surface area contributed by atoms with Crippen molar-refractivity contribution in [1.82, 2.24) is 25.0 Å². The summed E-state index contributed by atoms with van der Waals surface area (Å²) < 4.78 is 40.0. The second-order valence-electron chi connectivity index (χ2n) is 8.80. The molecule has 3 heterocycles. The maximum atomic E-state index is 13.0. The van der Waals surface area contributed by atoms with Crippen molar-refractivity contribution in [2.75, 3.05) is 13.1 Å². The maximum absolute atomic E-state index is 13.0. The first-order valence-corrected chi connectivity index (χ1v) is 11.4. The molecular weight excluding hydrogens is 459 g/mol. The minimum atomic E-state index is -4.49. The molecule has 35 heavy (non-hydrogen) atoms. The summed E-state index contributed by atoms with van der Waals surface area (Å²) in [6, 6.07) is 9.33. The van der Waals surface area contributed by atoms with Crippen molar-refractivity contribution < 1.29 is 22.8 Å². The molecule has 0 unspecified atom stereocenters. The number of carbonyl (C=O) groups excluding carboxylic acids is 2. The van der Waals surface area contributed by atoms with Gasteiger partial charge in [-0.1, -0.05) is 26.0 Å². The Morgan fingerprint density at radius 1 is 1.09 bits per heavy atom. The zero-order chi connectivity index (χ0) is 25.2. The summed E-state index contributed by atoms with van der Waals surface area (Å²) in [4.78, 5) is 31.4. The van der Waals surface area contributed by atoms with Gasteiger partial charge in [0.2, 0.25) is 0 Å². The van der Waals surface area contributed by atoms with E-state index in [0.717, 1.165) is 43.8 Å². The highest BCUT2D eigenvalue weighted by Gasteiger charge is 2.31. The number of aromatic nitrogens is 3. The summed E-state index contributed by atoms with van der Waals surface area (Å²) in [7, 11) is 0. The van der Waals surface area contributed by atoms with Crippen LogP contribution in [0.5, 0.6) is 0 Å². The number of nitrogens with zero attached hydrogens (tertiary/aromatic N) is 4. The van der Waals surface area contributed by atoms with E-state index < -0.39 is 11.7 Å². The molecule has 1 N–H and O–H groups in total. The molecule has 1 aromatic carbocycles. The molecule has 0 bridgehead atoms. The van der Waals surface area contributed by atoms with Crippen LogP contribution in [0.4, 0.5) is 13.2 Å². The van der Waals surface area contributed by atoms with Gasteiger partial charge < -0.3 is 10.2 Å². The molecule has 0 aliphatic carbocycles. The number of nitrogens with one attached hydrogen (secondary N) is 1. The number of amides is 2. The fraction of sp³-hybridized carbons (Fsp3) is 0.360. The first-order valence-electron chi connectivity index (χ1n) is 11.4. The molecule has 7 nitrogen and oxygen atoms in total. The normalized spacial score (nSPS) is 13.9. The van der Waals surface area contributed by atoms with Crippen LogP contribution >= 0.6 is 0 Å². The Bertz CT molecular complexity index is 1210. The highest BCUT2D eigenvalue weighted by molar-refractivity contribution is 5.96. The smallest absolute Gasteiger partial charge is 0.348 e. The summed E-state index contributed by atoms with van der Waals surface area (Å²) >= 11 is 0. The predicted octanol–water partition coefficient (Wildman–Crippen LogP) is 4.58. The van der Waals surface area contributed by atoms with Crippen molar-refractivity contribution in [1.29, 1.82) is 0 Å². The van der Waals surface area contributed by atoms with Crippen molar-refractivity contribution in [3.05, 3.63) is 76.7 Å². The van der Waals surface area contributed by atoms with E-state index in [9.17, 15) is 22.8 Å². The van der Waals surface area contributed by atoms with E-state index in [1.807, 2.05) is 24.8 Å². The first kappa shape index (κ1) is 24.4. The highest BCUT2D eigenvalue weighted by atomic mass is 19.4. The molecule has 1 aliphatic heterocycles. The number of hydrogen-bond acceptors (Lipinski definition) is 4. The predicted molar refractivity (Wildman–Crippen MR) is 123 cm³/mol. The van der Waals surface area contributed by atoms with Crippen molar-refractivity contribution in [2.45, 2.75) is 45.3 Å². The largest absolute Gasteiger partial charge is 0.417 e. The van der Waals surface area contributed by atoms with Gasteiger partial charge in [-0.2, -0.15) is 18.3 Å². The standard InChI is InChI=1S/C25H26F3N5O2/c1-16(2)22-20(15-31-33(22)21-9-8-19(14-29-21)25(26,27)28)23(34)30-13-17-6-5-7-18(12-17)24(35)32-10-3-4-11-32/h5-9,12,14-16H,3-4,10-11,13H2,1-2H3,(H,30,34). The van der Waals surface area contributed by atoms with Gasteiger partial charge in [0.05, 0.1) is 23.0 Å². The Balaban J connectivity index is 1.50. The van der Waals surface area contributed by atoms with Gasteiger partial charge in [0.1, 0.15) is 0 Å². The van der Waals surface area contributed by atoms with Gasteiger partial charge in [-0.15, -0.1) is 0 Å². The molecule has 184 valence electrons. The van der Waals surface area contributed by atoms with Gasteiger partial charge in [0, 0.05) is 31.4 Å². The van der Waals surface area contributed by atoms with Gasteiger partial charge in [0.15, 0.2) is 5.82 Å². The van der Waals surface area contributed by atoms with Crippen LogP contribution < -0.4 is 5.32 Å². The summed E-state index contributed by atoms with van der Waals surface area (Å²) in [5.74, 6) is -0.344. The molecule has 1 saturated heterocycles. The highest BCUT2D eigenvalue weighted by Crippen LogP contribution is 2.29. The number of hydrogen-bond donors (Lipinski definition) is 1. The lowest BCUT2D eigenvalue weighted by Crippen LogP contribution is -2.28. The monoisotopic (exact) mass is 485 g/mol. The van der Waals surface area contributed by atoms with Crippen molar-refractivity contribution in [3.8, 4) is 5.82 Å². The fourth-order valence-electron chi connectivity index (χ4n) is 4.14. The minimum Gasteiger partial charge on any atom is -0.348 e. The van der Waals surface area contributed by atoms with Crippen LogP contribution in [0.1, 0.15) is 70.1 Å². The molecule has 3 aromatic rings. The number of halogens is 3. The summed E-state index contributed by atoms with van der Waals surface area (Å²) in [5, 5.41) is 7.07. The lowest BCUT2D eigenvalue weighted by molar-refractivity contribution is -0.137. The minimum absolute atomic E-state index is 0.0110. The second-order valence-corrected chi connectivity index (χ2v) is 8.80. The summed E-state index contributed by atoms with van der Waals surface area (Å²) in [6.07, 6.45) is -0.336.